The van der Waals surface area contributed by atoms with Crippen LogP contribution in [0.3, 0.4) is 0 Å². The maximum atomic E-state index is 12.5. The monoisotopic (exact) mass is 310 g/mol. The van der Waals surface area contributed by atoms with Crippen LogP contribution in [0, 0.1) is 12.8 Å². The van der Waals surface area contributed by atoms with Gasteiger partial charge in [-0.05, 0) is 43.9 Å². The summed E-state index contributed by atoms with van der Waals surface area (Å²) in [4.78, 5) is 14.4. The van der Waals surface area contributed by atoms with Crippen LogP contribution in [0.2, 0.25) is 0 Å². The highest BCUT2D eigenvalue weighted by Crippen LogP contribution is 2.23. The third-order valence-electron chi connectivity index (χ3n) is 3.69. The molecule has 1 aliphatic rings. The molecule has 2 atom stereocenters. The Labute approximate surface area is 116 Å². The SMILES string of the molecule is Cc1ccc(Br)cc1C(=O)N1CCC(C(C)N)C1. The number of halogens is 1. The van der Waals surface area contributed by atoms with Gasteiger partial charge in [0.25, 0.3) is 5.91 Å². The molecule has 4 heteroatoms. The average molecular weight is 311 g/mol. The number of likely N-dealkylation sites (tertiary alicyclic amines) is 1. The molecule has 1 aromatic carbocycles. The van der Waals surface area contributed by atoms with Crippen molar-refractivity contribution in [2.45, 2.75) is 26.3 Å². The molecule has 0 aliphatic carbocycles. The van der Waals surface area contributed by atoms with E-state index >= 15 is 0 Å². The summed E-state index contributed by atoms with van der Waals surface area (Å²) < 4.78 is 0.944. The van der Waals surface area contributed by atoms with E-state index in [0.29, 0.717) is 5.92 Å². The molecule has 1 aliphatic heterocycles. The van der Waals surface area contributed by atoms with Crippen molar-refractivity contribution in [3.63, 3.8) is 0 Å². The fourth-order valence-corrected chi connectivity index (χ4v) is 2.76. The molecule has 0 spiro atoms. The largest absolute Gasteiger partial charge is 0.338 e. The first-order valence-corrected chi connectivity index (χ1v) is 7.09. The van der Waals surface area contributed by atoms with E-state index in [0.717, 1.165) is 35.1 Å². The molecule has 0 saturated carbocycles. The first kappa shape index (κ1) is 13.6. The summed E-state index contributed by atoms with van der Waals surface area (Å²) in [6.07, 6.45) is 1.01. The molecular formula is C14H19BrN2O. The number of carbonyl (C=O) groups excluding carboxylic acids is 1. The summed E-state index contributed by atoms with van der Waals surface area (Å²) in [6, 6.07) is 5.99. The van der Waals surface area contributed by atoms with Crippen molar-refractivity contribution in [2.75, 3.05) is 13.1 Å². The van der Waals surface area contributed by atoms with E-state index in [9.17, 15) is 4.79 Å². The molecule has 1 heterocycles. The Morgan fingerprint density at radius 3 is 2.89 bits per heavy atom. The van der Waals surface area contributed by atoms with Crippen molar-refractivity contribution < 1.29 is 4.79 Å². The number of nitrogens with zero attached hydrogens (tertiary/aromatic N) is 1. The van der Waals surface area contributed by atoms with Gasteiger partial charge in [-0.25, -0.2) is 0 Å². The molecule has 1 fully saturated rings. The zero-order valence-corrected chi connectivity index (χ0v) is 12.4. The molecule has 1 aromatic rings. The molecule has 98 valence electrons. The lowest BCUT2D eigenvalue weighted by Gasteiger charge is -2.19. The Hall–Kier alpha value is -0.870. The van der Waals surface area contributed by atoms with E-state index in [1.807, 2.05) is 36.9 Å². The minimum Gasteiger partial charge on any atom is -0.338 e. The van der Waals surface area contributed by atoms with Gasteiger partial charge in [0.15, 0.2) is 0 Å². The number of hydrogen-bond donors (Lipinski definition) is 1. The third-order valence-corrected chi connectivity index (χ3v) is 4.18. The number of amides is 1. The molecule has 0 aromatic heterocycles. The number of aryl methyl sites for hydroxylation is 1. The minimum absolute atomic E-state index is 0.122. The second-order valence-electron chi connectivity index (χ2n) is 5.12. The van der Waals surface area contributed by atoms with Gasteiger partial charge in [0.05, 0.1) is 0 Å². The number of nitrogens with two attached hydrogens (primary N) is 1. The molecule has 0 bridgehead atoms. The van der Waals surface area contributed by atoms with Gasteiger partial charge in [-0.1, -0.05) is 22.0 Å². The standard InChI is InChI=1S/C14H19BrN2O/c1-9-3-4-12(15)7-13(9)14(18)17-6-5-11(8-17)10(2)16/h3-4,7,10-11H,5-6,8,16H2,1-2H3. The van der Waals surface area contributed by atoms with Gasteiger partial charge >= 0.3 is 0 Å². The zero-order chi connectivity index (χ0) is 13.3. The minimum atomic E-state index is 0.122. The van der Waals surface area contributed by atoms with Gasteiger partial charge in [-0.3, -0.25) is 4.79 Å². The maximum Gasteiger partial charge on any atom is 0.254 e. The first-order chi connectivity index (χ1) is 8.49. The quantitative estimate of drug-likeness (QED) is 0.912. The Kier molecular flexibility index (Phi) is 4.07. The van der Waals surface area contributed by atoms with Crippen LogP contribution in [0.1, 0.15) is 29.3 Å². The van der Waals surface area contributed by atoms with Crippen LogP contribution in [-0.2, 0) is 0 Å². The normalized spacial score (nSPS) is 21.1. The van der Waals surface area contributed by atoms with Crippen molar-refractivity contribution in [1.29, 1.82) is 0 Å². The fourth-order valence-electron chi connectivity index (χ4n) is 2.40. The van der Waals surface area contributed by atoms with Gasteiger partial charge in [0.2, 0.25) is 0 Å². The number of carbonyl (C=O) groups is 1. The Morgan fingerprint density at radius 2 is 2.28 bits per heavy atom. The summed E-state index contributed by atoms with van der Waals surface area (Å²) in [5, 5.41) is 0. The highest BCUT2D eigenvalue weighted by atomic mass is 79.9. The van der Waals surface area contributed by atoms with Crippen LogP contribution in [-0.4, -0.2) is 29.9 Å². The van der Waals surface area contributed by atoms with Crippen molar-refractivity contribution in [3.05, 3.63) is 33.8 Å². The van der Waals surface area contributed by atoms with Crippen LogP contribution in [0.4, 0.5) is 0 Å². The van der Waals surface area contributed by atoms with Gasteiger partial charge in [0.1, 0.15) is 0 Å². The summed E-state index contributed by atoms with van der Waals surface area (Å²) >= 11 is 3.42. The van der Waals surface area contributed by atoms with Crippen molar-refractivity contribution in [1.82, 2.24) is 4.90 Å². The van der Waals surface area contributed by atoms with Crippen LogP contribution in [0.15, 0.2) is 22.7 Å². The highest BCUT2D eigenvalue weighted by Gasteiger charge is 2.29. The lowest BCUT2D eigenvalue weighted by Crippen LogP contribution is -2.33. The van der Waals surface area contributed by atoms with Crippen LogP contribution in [0.5, 0.6) is 0 Å². The molecule has 1 saturated heterocycles. The summed E-state index contributed by atoms with van der Waals surface area (Å²) in [5.41, 5.74) is 7.71. The van der Waals surface area contributed by atoms with Crippen LogP contribution >= 0.6 is 15.9 Å². The van der Waals surface area contributed by atoms with E-state index in [1.165, 1.54) is 0 Å². The molecule has 2 N–H and O–H groups in total. The van der Waals surface area contributed by atoms with E-state index in [-0.39, 0.29) is 11.9 Å². The molecule has 2 rings (SSSR count). The van der Waals surface area contributed by atoms with Gasteiger partial charge in [-0.15, -0.1) is 0 Å². The molecule has 18 heavy (non-hydrogen) atoms. The molecule has 1 amide bonds. The average Bonchev–Trinajstić information content (AvgIpc) is 2.81. The predicted octanol–water partition coefficient (Wildman–Crippen LogP) is 2.57. The number of benzene rings is 1. The van der Waals surface area contributed by atoms with E-state index in [1.54, 1.807) is 0 Å². The molecule has 2 unspecified atom stereocenters. The lowest BCUT2D eigenvalue weighted by atomic mass is 10.0. The van der Waals surface area contributed by atoms with Gasteiger partial charge < -0.3 is 10.6 Å². The number of rotatable bonds is 2. The van der Waals surface area contributed by atoms with Crippen molar-refractivity contribution >= 4 is 21.8 Å². The second kappa shape index (κ2) is 5.41. The molecular weight excluding hydrogens is 292 g/mol. The second-order valence-corrected chi connectivity index (χ2v) is 6.03. The van der Waals surface area contributed by atoms with Crippen LogP contribution < -0.4 is 5.73 Å². The lowest BCUT2D eigenvalue weighted by molar-refractivity contribution is 0.0785. The fraction of sp³-hybridized carbons (Fsp3) is 0.500. The first-order valence-electron chi connectivity index (χ1n) is 6.30. The topological polar surface area (TPSA) is 46.3 Å². The van der Waals surface area contributed by atoms with Gasteiger partial charge in [0, 0.05) is 29.2 Å². The predicted molar refractivity (Wildman–Crippen MR) is 76.5 cm³/mol. The molecule has 0 radical (unpaired) electrons. The summed E-state index contributed by atoms with van der Waals surface area (Å²) in [6.45, 7) is 5.58. The van der Waals surface area contributed by atoms with Gasteiger partial charge in [-0.2, -0.15) is 0 Å². The maximum absolute atomic E-state index is 12.5. The number of hydrogen-bond acceptors (Lipinski definition) is 2. The third kappa shape index (κ3) is 2.75. The zero-order valence-electron chi connectivity index (χ0n) is 10.8. The Bertz CT molecular complexity index is 459. The molecule has 3 nitrogen and oxygen atoms in total. The van der Waals surface area contributed by atoms with E-state index in [2.05, 4.69) is 15.9 Å². The summed E-state index contributed by atoms with van der Waals surface area (Å²) in [5.74, 6) is 0.554. The van der Waals surface area contributed by atoms with E-state index in [4.69, 9.17) is 5.73 Å². The highest BCUT2D eigenvalue weighted by molar-refractivity contribution is 9.10. The van der Waals surface area contributed by atoms with Crippen molar-refractivity contribution in [2.24, 2.45) is 11.7 Å². The van der Waals surface area contributed by atoms with Crippen molar-refractivity contribution in [3.8, 4) is 0 Å². The van der Waals surface area contributed by atoms with Crippen LogP contribution in [0.25, 0.3) is 0 Å². The Balaban J connectivity index is 2.15. The summed E-state index contributed by atoms with van der Waals surface area (Å²) in [7, 11) is 0. The smallest absolute Gasteiger partial charge is 0.254 e. The van der Waals surface area contributed by atoms with E-state index < -0.39 is 0 Å². The Morgan fingerprint density at radius 1 is 1.56 bits per heavy atom.